The van der Waals surface area contributed by atoms with E-state index in [4.69, 9.17) is 4.74 Å². The molecule has 2 N–H and O–H groups in total. The SMILES string of the molecule is COC(=O)Nc1nc2cc(N3CCOCC3)c(F)cc2[nH]1. The first kappa shape index (κ1) is 13.6. The van der Waals surface area contributed by atoms with Gasteiger partial charge in [-0.15, -0.1) is 0 Å². The smallest absolute Gasteiger partial charge is 0.413 e. The molecule has 7 nitrogen and oxygen atoms in total. The summed E-state index contributed by atoms with van der Waals surface area (Å²) in [6, 6.07) is 3.03. The normalized spacial score (nSPS) is 15.2. The standard InChI is InChI=1S/C13H15FN4O3/c1-20-13(19)17-12-15-9-6-8(14)11(7-10(9)16-12)18-2-4-21-5-3-18/h6-7H,2-5H2,1H3,(H2,15,16,17,19). The maximum absolute atomic E-state index is 14.2. The lowest BCUT2D eigenvalue weighted by Crippen LogP contribution is -2.36. The number of aromatic amines is 1. The molecule has 0 bridgehead atoms. The van der Waals surface area contributed by atoms with Crippen LogP contribution in [0.3, 0.4) is 0 Å². The highest BCUT2D eigenvalue weighted by molar-refractivity contribution is 5.87. The van der Waals surface area contributed by atoms with Crippen molar-refractivity contribution in [2.24, 2.45) is 0 Å². The number of ether oxygens (including phenoxy) is 2. The molecule has 8 heteroatoms. The van der Waals surface area contributed by atoms with Crippen molar-refractivity contribution in [3.63, 3.8) is 0 Å². The van der Waals surface area contributed by atoms with Gasteiger partial charge in [0.05, 0.1) is 37.0 Å². The van der Waals surface area contributed by atoms with Crippen LogP contribution in [-0.2, 0) is 9.47 Å². The number of hydrogen-bond acceptors (Lipinski definition) is 5. The van der Waals surface area contributed by atoms with Gasteiger partial charge < -0.3 is 19.4 Å². The minimum absolute atomic E-state index is 0.218. The average molecular weight is 294 g/mol. The molecule has 1 aromatic carbocycles. The minimum atomic E-state index is -0.636. The van der Waals surface area contributed by atoms with Crippen LogP contribution >= 0.6 is 0 Å². The van der Waals surface area contributed by atoms with Crippen LogP contribution in [0.2, 0.25) is 0 Å². The van der Waals surface area contributed by atoms with Crippen molar-refractivity contribution in [1.29, 1.82) is 0 Å². The number of rotatable bonds is 2. The number of amides is 1. The summed E-state index contributed by atoms with van der Waals surface area (Å²) in [5.41, 5.74) is 1.57. The van der Waals surface area contributed by atoms with Gasteiger partial charge in [-0.1, -0.05) is 0 Å². The Labute approximate surface area is 120 Å². The number of H-pyrrole nitrogens is 1. The van der Waals surface area contributed by atoms with Gasteiger partial charge >= 0.3 is 6.09 Å². The minimum Gasteiger partial charge on any atom is -0.453 e. The molecule has 112 valence electrons. The Bertz CT molecular complexity index is 667. The van der Waals surface area contributed by atoms with Gasteiger partial charge in [-0.3, -0.25) is 5.32 Å². The van der Waals surface area contributed by atoms with Crippen molar-refractivity contribution >= 4 is 28.8 Å². The summed E-state index contributed by atoms with van der Waals surface area (Å²) < 4.78 is 23.9. The lowest BCUT2D eigenvalue weighted by atomic mass is 10.2. The number of fused-ring (bicyclic) bond motifs is 1. The molecule has 2 heterocycles. The van der Waals surface area contributed by atoms with E-state index in [1.54, 1.807) is 6.07 Å². The molecule has 1 amide bonds. The van der Waals surface area contributed by atoms with Crippen molar-refractivity contribution < 1.29 is 18.7 Å². The van der Waals surface area contributed by atoms with E-state index in [0.29, 0.717) is 43.0 Å². The maximum atomic E-state index is 14.2. The fraction of sp³-hybridized carbons (Fsp3) is 0.385. The van der Waals surface area contributed by atoms with E-state index < -0.39 is 6.09 Å². The van der Waals surface area contributed by atoms with Gasteiger partial charge in [-0.05, 0) is 6.07 Å². The number of benzene rings is 1. The number of anilines is 2. The number of carbonyl (C=O) groups is 1. The molecule has 21 heavy (non-hydrogen) atoms. The monoisotopic (exact) mass is 294 g/mol. The molecule has 1 aliphatic rings. The van der Waals surface area contributed by atoms with Gasteiger partial charge in [-0.2, -0.15) is 0 Å². The summed E-state index contributed by atoms with van der Waals surface area (Å²) in [6.07, 6.45) is -0.636. The van der Waals surface area contributed by atoms with E-state index in [1.807, 2.05) is 4.90 Å². The zero-order valence-corrected chi connectivity index (χ0v) is 11.5. The average Bonchev–Trinajstić information content (AvgIpc) is 2.88. The molecule has 1 saturated heterocycles. The third kappa shape index (κ3) is 2.75. The maximum Gasteiger partial charge on any atom is 0.413 e. The highest BCUT2D eigenvalue weighted by Gasteiger charge is 2.17. The molecule has 3 rings (SSSR count). The molecule has 0 saturated carbocycles. The van der Waals surface area contributed by atoms with Gasteiger partial charge in [0, 0.05) is 19.2 Å². The largest absolute Gasteiger partial charge is 0.453 e. The summed E-state index contributed by atoms with van der Waals surface area (Å²) >= 11 is 0. The first-order valence-corrected chi connectivity index (χ1v) is 6.54. The Morgan fingerprint density at radius 2 is 2.24 bits per heavy atom. The number of hydrogen-bond donors (Lipinski definition) is 2. The van der Waals surface area contributed by atoms with Crippen LogP contribution in [0, 0.1) is 5.82 Å². The van der Waals surface area contributed by atoms with Crippen molar-refractivity contribution in [1.82, 2.24) is 9.97 Å². The zero-order chi connectivity index (χ0) is 14.8. The number of morpholine rings is 1. The summed E-state index contributed by atoms with van der Waals surface area (Å²) in [5.74, 6) is -0.118. The van der Waals surface area contributed by atoms with Crippen LogP contribution in [0.5, 0.6) is 0 Å². The van der Waals surface area contributed by atoms with E-state index >= 15 is 0 Å². The number of carbonyl (C=O) groups excluding carboxylic acids is 1. The fourth-order valence-electron chi connectivity index (χ4n) is 2.27. The van der Waals surface area contributed by atoms with Crippen LogP contribution < -0.4 is 10.2 Å². The van der Waals surface area contributed by atoms with Crippen LogP contribution in [0.1, 0.15) is 0 Å². The molecule has 0 atom stereocenters. The third-order valence-electron chi connectivity index (χ3n) is 3.31. The second-order valence-corrected chi connectivity index (χ2v) is 4.62. The Morgan fingerprint density at radius 1 is 1.48 bits per heavy atom. The number of methoxy groups -OCH3 is 1. The van der Waals surface area contributed by atoms with Crippen molar-refractivity contribution in [3.8, 4) is 0 Å². The highest BCUT2D eigenvalue weighted by Crippen LogP contribution is 2.26. The Morgan fingerprint density at radius 3 is 2.95 bits per heavy atom. The van der Waals surface area contributed by atoms with Crippen molar-refractivity contribution in [2.45, 2.75) is 0 Å². The summed E-state index contributed by atoms with van der Waals surface area (Å²) in [5, 5.41) is 2.42. The predicted molar refractivity (Wildman–Crippen MR) is 75.1 cm³/mol. The van der Waals surface area contributed by atoms with Crippen molar-refractivity contribution in [2.75, 3.05) is 43.6 Å². The summed E-state index contributed by atoms with van der Waals surface area (Å²) in [6.45, 7) is 2.43. The number of imidazole rings is 1. The van der Waals surface area contributed by atoms with Crippen LogP contribution in [0.15, 0.2) is 12.1 Å². The summed E-state index contributed by atoms with van der Waals surface area (Å²) in [4.78, 5) is 20.1. The fourth-order valence-corrected chi connectivity index (χ4v) is 2.27. The number of nitrogens with zero attached hydrogens (tertiary/aromatic N) is 2. The molecule has 0 radical (unpaired) electrons. The third-order valence-corrected chi connectivity index (χ3v) is 3.31. The van der Waals surface area contributed by atoms with E-state index in [9.17, 15) is 9.18 Å². The molecule has 1 aromatic heterocycles. The lowest BCUT2D eigenvalue weighted by Gasteiger charge is -2.29. The molecule has 1 fully saturated rings. The second kappa shape index (κ2) is 5.57. The molecule has 0 aliphatic carbocycles. The van der Waals surface area contributed by atoms with Crippen molar-refractivity contribution in [3.05, 3.63) is 17.9 Å². The van der Waals surface area contributed by atoms with Gasteiger partial charge in [0.15, 0.2) is 0 Å². The molecule has 0 unspecified atom stereocenters. The topological polar surface area (TPSA) is 79.5 Å². The van der Waals surface area contributed by atoms with Crippen LogP contribution in [0.25, 0.3) is 11.0 Å². The van der Waals surface area contributed by atoms with E-state index in [0.717, 1.165) is 0 Å². The van der Waals surface area contributed by atoms with E-state index in [-0.39, 0.29) is 11.8 Å². The quantitative estimate of drug-likeness (QED) is 0.881. The Balaban J connectivity index is 1.92. The number of aromatic nitrogens is 2. The van der Waals surface area contributed by atoms with E-state index in [1.165, 1.54) is 13.2 Å². The molecule has 2 aromatic rings. The molecular formula is C13H15FN4O3. The highest BCUT2D eigenvalue weighted by atomic mass is 19.1. The van der Waals surface area contributed by atoms with Gasteiger partial charge in [0.2, 0.25) is 5.95 Å². The molecular weight excluding hydrogens is 279 g/mol. The van der Waals surface area contributed by atoms with Gasteiger partial charge in [0.1, 0.15) is 5.82 Å². The lowest BCUT2D eigenvalue weighted by molar-refractivity contribution is 0.122. The van der Waals surface area contributed by atoms with E-state index in [2.05, 4.69) is 20.0 Å². The Hall–Kier alpha value is -2.35. The number of halogens is 1. The number of nitrogens with one attached hydrogen (secondary N) is 2. The summed E-state index contributed by atoms with van der Waals surface area (Å²) in [7, 11) is 1.26. The second-order valence-electron chi connectivity index (χ2n) is 4.62. The van der Waals surface area contributed by atoms with Gasteiger partial charge in [0.25, 0.3) is 0 Å². The zero-order valence-electron chi connectivity index (χ0n) is 11.5. The van der Waals surface area contributed by atoms with Gasteiger partial charge in [-0.25, -0.2) is 14.2 Å². The molecule has 1 aliphatic heterocycles. The predicted octanol–water partition coefficient (Wildman–Crippen LogP) is 1.72. The first-order chi connectivity index (χ1) is 10.2. The first-order valence-electron chi connectivity index (χ1n) is 6.54. The van der Waals surface area contributed by atoms with Crippen LogP contribution in [0.4, 0.5) is 20.8 Å². The van der Waals surface area contributed by atoms with Crippen LogP contribution in [-0.4, -0.2) is 49.5 Å². The molecule has 0 spiro atoms. The Kier molecular flexibility index (Phi) is 3.61.